The van der Waals surface area contributed by atoms with Gasteiger partial charge < -0.3 is 5.11 Å². The molecule has 0 amide bonds. The molecule has 0 atom stereocenters. The number of alkyl halides is 6. The Bertz CT molecular complexity index is 336. The molecule has 2 nitrogen and oxygen atoms in total. The van der Waals surface area contributed by atoms with Crippen molar-refractivity contribution in [3.8, 4) is 5.75 Å². The standard InChI is InChI=1S/C7H3F6NO/c8-6(9,10)4-1-3(15)2-5(14-4)7(11,12)13/h1-2H,(H,14,15). The smallest absolute Gasteiger partial charge is 0.433 e. The van der Waals surface area contributed by atoms with E-state index in [0.717, 1.165) is 0 Å². The highest BCUT2D eigenvalue weighted by Crippen LogP contribution is 2.35. The summed E-state index contributed by atoms with van der Waals surface area (Å²) in [5.41, 5.74) is -3.57. The molecule has 0 aliphatic carbocycles. The second-order valence-electron chi connectivity index (χ2n) is 2.59. The van der Waals surface area contributed by atoms with Crippen LogP contribution in [0.5, 0.6) is 5.75 Å². The van der Waals surface area contributed by atoms with Gasteiger partial charge in [0.15, 0.2) is 0 Å². The third-order valence-electron chi connectivity index (χ3n) is 1.39. The number of aromatic hydroxyl groups is 1. The maximum Gasteiger partial charge on any atom is 0.433 e. The fraction of sp³-hybridized carbons (Fsp3) is 0.286. The number of aromatic nitrogens is 1. The summed E-state index contributed by atoms with van der Waals surface area (Å²) < 4.78 is 72.0. The molecule has 0 saturated carbocycles. The van der Waals surface area contributed by atoms with Crippen molar-refractivity contribution in [3.05, 3.63) is 23.5 Å². The minimum absolute atomic E-state index is 0.120. The third-order valence-corrected chi connectivity index (χ3v) is 1.39. The lowest BCUT2D eigenvalue weighted by Crippen LogP contribution is -2.14. The van der Waals surface area contributed by atoms with Gasteiger partial charge >= 0.3 is 12.4 Å². The molecule has 1 aromatic rings. The first kappa shape index (κ1) is 11.6. The van der Waals surface area contributed by atoms with Crippen LogP contribution in [0, 0.1) is 0 Å². The molecule has 1 aromatic heterocycles. The van der Waals surface area contributed by atoms with Gasteiger partial charge in [0.25, 0.3) is 0 Å². The average Bonchev–Trinajstić information content (AvgIpc) is 1.99. The molecule has 0 aliphatic rings. The Morgan fingerprint density at radius 1 is 0.867 bits per heavy atom. The molecule has 0 fully saturated rings. The van der Waals surface area contributed by atoms with Crippen molar-refractivity contribution in [2.45, 2.75) is 12.4 Å². The Morgan fingerprint density at radius 3 is 1.47 bits per heavy atom. The van der Waals surface area contributed by atoms with Crippen LogP contribution < -0.4 is 0 Å². The first-order valence-corrected chi connectivity index (χ1v) is 3.46. The van der Waals surface area contributed by atoms with E-state index in [1.807, 2.05) is 0 Å². The molecular formula is C7H3F6NO. The largest absolute Gasteiger partial charge is 0.508 e. The van der Waals surface area contributed by atoms with Gasteiger partial charge in [-0.05, 0) is 0 Å². The average molecular weight is 231 g/mol. The molecule has 8 heteroatoms. The Morgan fingerprint density at radius 2 is 1.20 bits per heavy atom. The number of nitrogens with zero attached hydrogens (tertiary/aromatic N) is 1. The summed E-state index contributed by atoms with van der Waals surface area (Å²) in [4.78, 5) is 2.37. The zero-order valence-electron chi connectivity index (χ0n) is 6.82. The quantitative estimate of drug-likeness (QED) is 0.696. The highest BCUT2D eigenvalue weighted by atomic mass is 19.4. The van der Waals surface area contributed by atoms with Gasteiger partial charge in [0.05, 0.1) is 0 Å². The van der Waals surface area contributed by atoms with Crippen LogP contribution in [0.25, 0.3) is 0 Å². The van der Waals surface area contributed by atoms with Crippen molar-refractivity contribution in [2.24, 2.45) is 0 Å². The lowest BCUT2D eigenvalue weighted by atomic mass is 10.2. The zero-order valence-corrected chi connectivity index (χ0v) is 6.82. The van der Waals surface area contributed by atoms with Crippen LogP contribution in [-0.4, -0.2) is 10.1 Å². The van der Waals surface area contributed by atoms with Crippen molar-refractivity contribution in [3.63, 3.8) is 0 Å². The van der Waals surface area contributed by atoms with E-state index in [2.05, 4.69) is 4.98 Å². The summed E-state index contributed by atoms with van der Waals surface area (Å²) in [5, 5.41) is 8.68. The Labute approximate surface area is 79.2 Å². The first-order valence-electron chi connectivity index (χ1n) is 3.46. The molecule has 0 radical (unpaired) electrons. The van der Waals surface area contributed by atoms with E-state index < -0.39 is 29.5 Å². The van der Waals surface area contributed by atoms with Gasteiger partial charge in [-0.15, -0.1) is 0 Å². The Hall–Kier alpha value is -1.47. The van der Waals surface area contributed by atoms with Crippen LogP contribution in [0.2, 0.25) is 0 Å². The Kier molecular flexibility index (Phi) is 2.54. The van der Waals surface area contributed by atoms with Crippen molar-refractivity contribution >= 4 is 0 Å². The lowest BCUT2D eigenvalue weighted by Gasteiger charge is -2.10. The Balaban J connectivity index is 3.30. The van der Waals surface area contributed by atoms with Crippen LogP contribution in [-0.2, 0) is 12.4 Å². The summed E-state index contributed by atoms with van der Waals surface area (Å²) >= 11 is 0. The van der Waals surface area contributed by atoms with Crippen molar-refractivity contribution < 1.29 is 31.4 Å². The number of rotatable bonds is 0. The van der Waals surface area contributed by atoms with Gasteiger partial charge in [0.2, 0.25) is 0 Å². The van der Waals surface area contributed by atoms with Crippen molar-refractivity contribution in [2.75, 3.05) is 0 Å². The molecule has 1 heterocycles. The van der Waals surface area contributed by atoms with Gasteiger partial charge in [-0.3, -0.25) is 0 Å². The lowest BCUT2D eigenvalue weighted by molar-refractivity contribution is -0.150. The topological polar surface area (TPSA) is 33.1 Å². The summed E-state index contributed by atoms with van der Waals surface area (Å²) in [6.45, 7) is 0. The molecule has 0 aromatic carbocycles. The van der Waals surface area contributed by atoms with E-state index in [9.17, 15) is 26.3 Å². The van der Waals surface area contributed by atoms with Crippen LogP contribution in [0.4, 0.5) is 26.3 Å². The van der Waals surface area contributed by atoms with Gasteiger partial charge in [-0.1, -0.05) is 0 Å². The van der Waals surface area contributed by atoms with Gasteiger partial charge in [0, 0.05) is 12.1 Å². The summed E-state index contributed by atoms with van der Waals surface area (Å²) in [6.07, 6.45) is -10.1. The second kappa shape index (κ2) is 3.28. The third kappa shape index (κ3) is 2.74. The highest BCUT2D eigenvalue weighted by Gasteiger charge is 2.38. The van der Waals surface area contributed by atoms with Crippen LogP contribution in [0.15, 0.2) is 12.1 Å². The van der Waals surface area contributed by atoms with E-state index in [0.29, 0.717) is 0 Å². The zero-order chi connectivity index (χ0) is 11.9. The maximum atomic E-state index is 12.0. The van der Waals surface area contributed by atoms with Crippen LogP contribution in [0.3, 0.4) is 0 Å². The predicted octanol–water partition coefficient (Wildman–Crippen LogP) is 2.82. The highest BCUT2D eigenvalue weighted by molar-refractivity contribution is 5.28. The van der Waals surface area contributed by atoms with Crippen molar-refractivity contribution in [1.29, 1.82) is 0 Å². The van der Waals surface area contributed by atoms with Crippen molar-refractivity contribution in [1.82, 2.24) is 4.98 Å². The SMILES string of the molecule is Oc1cc(C(F)(F)F)nc(C(F)(F)F)c1. The molecular weight excluding hydrogens is 228 g/mol. The fourth-order valence-electron chi connectivity index (χ4n) is 0.807. The molecule has 15 heavy (non-hydrogen) atoms. The van der Waals surface area contributed by atoms with Gasteiger partial charge in [0.1, 0.15) is 17.1 Å². The number of halogens is 6. The molecule has 0 aliphatic heterocycles. The van der Waals surface area contributed by atoms with Gasteiger partial charge in [-0.2, -0.15) is 26.3 Å². The van der Waals surface area contributed by atoms with E-state index in [1.54, 1.807) is 0 Å². The summed E-state index contributed by atoms with van der Waals surface area (Å²) in [5.74, 6) is -1.13. The predicted molar refractivity (Wildman–Crippen MR) is 35.9 cm³/mol. The number of hydrogen-bond donors (Lipinski definition) is 1. The molecule has 0 saturated heterocycles. The minimum atomic E-state index is -5.03. The monoisotopic (exact) mass is 231 g/mol. The van der Waals surface area contributed by atoms with Gasteiger partial charge in [-0.25, -0.2) is 4.98 Å². The molecule has 0 unspecified atom stereocenters. The molecule has 0 spiro atoms. The normalized spacial score (nSPS) is 12.9. The number of hydrogen-bond acceptors (Lipinski definition) is 2. The van der Waals surface area contributed by atoms with E-state index in [1.165, 1.54) is 0 Å². The van der Waals surface area contributed by atoms with E-state index >= 15 is 0 Å². The molecule has 0 bridgehead atoms. The minimum Gasteiger partial charge on any atom is -0.508 e. The molecule has 1 rings (SSSR count). The molecule has 84 valence electrons. The van der Waals surface area contributed by atoms with E-state index in [-0.39, 0.29) is 12.1 Å². The van der Waals surface area contributed by atoms with Crippen LogP contribution >= 0.6 is 0 Å². The molecule has 1 N–H and O–H groups in total. The maximum absolute atomic E-state index is 12.0. The summed E-state index contributed by atoms with van der Waals surface area (Å²) in [7, 11) is 0. The second-order valence-corrected chi connectivity index (χ2v) is 2.59. The number of pyridine rings is 1. The van der Waals surface area contributed by atoms with E-state index in [4.69, 9.17) is 5.11 Å². The summed E-state index contributed by atoms with van der Waals surface area (Å²) in [6, 6.07) is 0.241. The van der Waals surface area contributed by atoms with Crippen LogP contribution in [0.1, 0.15) is 11.4 Å². The first-order chi connectivity index (χ1) is 6.60. The fourth-order valence-corrected chi connectivity index (χ4v) is 0.807.